The van der Waals surface area contributed by atoms with Gasteiger partial charge in [0.15, 0.2) is 0 Å². The second-order valence-electron chi connectivity index (χ2n) is 7.09. The van der Waals surface area contributed by atoms with Crippen LogP contribution in [0.15, 0.2) is 58.7 Å². The van der Waals surface area contributed by atoms with Crippen LogP contribution in [0.25, 0.3) is 5.76 Å². The molecule has 3 aromatic rings. The first-order valence-electron chi connectivity index (χ1n) is 9.38. The summed E-state index contributed by atoms with van der Waals surface area (Å²) in [6, 6.07) is 9.99. The van der Waals surface area contributed by atoms with Crippen molar-refractivity contribution in [3.63, 3.8) is 0 Å². The van der Waals surface area contributed by atoms with E-state index in [2.05, 4.69) is 0 Å². The average Bonchev–Trinajstić information content (AvgIpc) is 3.36. The Bertz CT molecular complexity index is 1270. The van der Waals surface area contributed by atoms with E-state index in [1.54, 1.807) is 30.3 Å². The molecule has 1 saturated heterocycles. The van der Waals surface area contributed by atoms with Gasteiger partial charge in [-0.1, -0.05) is 40.9 Å². The van der Waals surface area contributed by atoms with Gasteiger partial charge in [-0.3, -0.25) is 14.5 Å². The van der Waals surface area contributed by atoms with Gasteiger partial charge in [0.1, 0.15) is 23.3 Å². The highest BCUT2D eigenvalue weighted by Gasteiger charge is 2.48. The lowest BCUT2D eigenvalue weighted by Crippen LogP contribution is -2.29. The molecule has 1 aromatic heterocycles. The van der Waals surface area contributed by atoms with Gasteiger partial charge < -0.3 is 14.3 Å². The Hall–Kier alpha value is -2.93. The quantitative estimate of drug-likeness (QED) is 0.267. The van der Waals surface area contributed by atoms with E-state index >= 15 is 0 Å². The van der Waals surface area contributed by atoms with Crippen LogP contribution in [0.3, 0.4) is 0 Å². The second kappa shape index (κ2) is 8.54. The first-order chi connectivity index (χ1) is 15.2. The number of anilines is 1. The van der Waals surface area contributed by atoms with Gasteiger partial charge in [-0.2, -0.15) is 0 Å². The molecule has 0 aliphatic carbocycles. The molecule has 1 fully saturated rings. The number of aryl methyl sites for hydroxylation is 1. The van der Waals surface area contributed by atoms with E-state index in [0.29, 0.717) is 10.7 Å². The van der Waals surface area contributed by atoms with Gasteiger partial charge in [-0.25, -0.2) is 0 Å². The zero-order valence-corrected chi connectivity index (χ0v) is 19.1. The number of ether oxygens (including phenoxy) is 1. The summed E-state index contributed by atoms with van der Waals surface area (Å²) in [5.41, 5.74) is 1.05. The molecule has 1 aliphatic heterocycles. The third-order valence-corrected chi connectivity index (χ3v) is 6.06. The smallest absolute Gasteiger partial charge is 0.300 e. The Labute approximate surface area is 198 Å². The van der Waals surface area contributed by atoms with Crippen molar-refractivity contribution in [2.75, 3.05) is 12.0 Å². The lowest BCUT2D eigenvalue weighted by atomic mass is 9.98. The molecular weight excluding hydrogens is 477 g/mol. The number of rotatable bonds is 4. The topological polar surface area (TPSA) is 80.0 Å². The normalized spacial score (nSPS) is 17.8. The van der Waals surface area contributed by atoms with Crippen LogP contribution in [0, 0.1) is 6.92 Å². The molecule has 1 aliphatic rings. The van der Waals surface area contributed by atoms with Gasteiger partial charge >= 0.3 is 0 Å². The van der Waals surface area contributed by atoms with E-state index in [-0.39, 0.29) is 32.7 Å². The number of hydrogen-bond acceptors (Lipinski definition) is 5. The summed E-state index contributed by atoms with van der Waals surface area (Å²) in [5.74, 6) is -1.86. The summed E-state index contributed by atoms with van der Waals surface area (Å²) < 4.78 is 10.8. The number of aliphatic hydroxyl groups is 1. The van der Waals surface area contributed by atoms with Gasteiger partial charge in [0.2, 0.25) is 0 Å². The molecule has 4 rings (SSSR count). The molecule has 1 amide bonds. The van der Waals surface area contributed by atoms with Crippen molar-refractivity contribution in [2.45, 2.75) is 13.0 Å². The van der Waals surface area contributed by atoms with Crippen molar-refractivity contribution in [3.8, 4) is 5.75 Å². The van der Waals surface area contributed by atoms with Crippen molar-refractivity contribution in [1.29, 1.82) is 0 Å². The zero-order chi connectivity index (χ0) is 23.2. The Kier molecular flexibility index (Phi) is 5.95. The van der Waals surface area contributed by atoms with Crippen LogP contribution in [-0.4, -0.2) is 23.9 Å². The first kappa shape index (κ1) is 22.3. The largest absolute Gasteiger partial charge is 0.507 e. The minimum absolute atomic E-state index is 0.0708. The summed E-state index contributed by atoms with van der Waals surface area (Å²) in [4.78, 5) is 27.5. The van der Waals surface area contributed by atoms with E-state index in [1.165, 1.54) is 30.4 Å². The van der Waals surface area contributed by atoms with Crippen LogP contribution in [0.1, 0.15) is 22.9 Å². The van der Waals surface area contributed by atoms with E-state index in [0.717, 1.165) is 5.56 Å². The fraction of sp³-hybridized carbons (Fsp3) is 0.130. The number of halogens is 3. The highest BCUT2D eigenvalue weighted by molar-refractivity contribution is 6.52. The zero-order valence-electron chi connectivity index (χ0n) is 16.9. The van der Waals surface area contributed by atoms with E-state index in [1.807, 2.05) is 6.92 Å². The molecule has 32 heavy (non-hydrogen) atoms. The molecular formula is C23H16Cl3NO5. The second-order valence-corrected chi connectivity index (χ2v) is 8.34. The number of amides is 1. The number of methoxy groups -OCH3 is 1. The van der Waals surface area contributed by atoms with Crippen molar-refractivity contribution < 1.29 is 23.8 Å². The van der Waals surface area contributed by atoms with Crippen LogP contribution in [0.2, 0.25) is 15.1 Å². The summed E-state index contributed by atoms with van der Waals surface area (Å²) >= 11 is 18.6. The number of carbonyl (C=O) groups excluding carboxylic acids is 2. The summed E-state index contributed by atoms with van der Waals surface area (Å²) in [6.07, 6.45) is 1.41. The monoisotopic (exact) mass is 491 g/mol. The van der Waals surface area contributed by atoms with Gasteiger partial charge in [-0.05, 0) is 48.9 Å². The SMILES string of the molecule is COc1c(Cl)cc(Cl)cc1/C(O)=C1/C(=O)C(=O)N(c2ccc(C)c(Cl)c2)C1c1ccco1. The lowest BCUT2D eigenvalue weighted by Gasteiger charge is -2.24. The van der Waals surface area contributed by atoms with Crippen LogP contribution >= 0.6 is 34.8 Å². The highest BCUT2D eigenvalue weighted by atomic mass is 35.5. The van der Waals surface area contributed by atoms with Gasteiger partial charge in [0, 0.05) is 15.7 Å². The molecule has 0 saturated carbocycles. The summed E-state index contributed by atoms with van der Waals surface area (Å²) in [5, 5.41) is 12.0. The van der Waals surface area contributed by atoms with Crippen molar-refractivity contribution in [2.24, 2.45) is 0 Å². The van der Waals surface area contributed by atoms with Gasteiger partial charge in [-0.15, -0.1) is 0 Å². The number of carbonyl (C=O) groups is 2. The molecule has 9 heteroatoms. The first-order valence-corrected chi connectivity index (χ1v) is 10.5. The summed E-state index contributed by atoms with van der Waals surface area (Å²) in [6.45, 7) is 1.82. The molecule has 164 valence electrons. The predicted molar refractivity (Wildman–Crippen MR) is 123 cm³/mol. The molecule has 1 unspecified atom stereocenters. The summed E-state index contributed by atoms with van der Waals surface area (Å²) in [7, 11) is 1.36. The average molecular weight is 493 g/mol. The predicted octanol–water partition coefficient (Wildman–Crippen LogP) is 6.18. The van der Waals surface area contributed by atoms with Crippen LogP contribution in [0.4, 0.5) is 5.69 Å². The van der Waals surface area contributed by atoms with Crippen molar-refractivity contribution in [1.82, 2.24) is 0 Å². The molecule has 0 spiro atoms. The third-order valence-electron chi connectivity index (χ3n) is 5.16. The van der Waals surface area contributed by atoms with E-state index in [4.69, 9.17) is 44.0 Å². The number of nitrogens with zero attached hydrogens (tertiary/aromatic N) is 1. The minimum atomic E-state index is -1.05. The molecule has 2 heterocycles. The Morgan fingerprint density at radius 3 is 2.47 bits per heavy atom. The fourth-order valence-electron chi connectivity index (χ4n) is 3.64. The maximum Gasteiger partial charge on any atom is 0.300 e. The molecule has 0 bridgehead atoms. The fourth-order valence-corrected chi connectivity index (χ4v) is 4.38. The van der Waals surface area contributed by atoms with E-state index in [9.17, 15) is 14.7 Å². The third kappa shape index (κ3) is 3.64. The number of aliphatic hydroxyl groups excluding tert-OH is 1. The number of ketones is 1. The lowest BCUT2D eigenvalue weighted by molar-refractivity contribution is -0.132. The van der Waals surface area contributed by atoms with E-state index < -0.39 is 23.5 Å². The molecule has 1 atom stereocenters. The molecule has 0 radical (unpaired) electrons. The van der Waals surface area contributed by atoms with Crippen molar-refractivity contribution >= 4 is 57.9 Å². The molecule has 2 aromatic carbocycles. The number of hydrogen-bond donors (Lipinski definition) is 1. The standard InChI is InChI=1S/C23H16Cl3NO5/c1-11-5-6-13(10-15(11)25)27-19(17-4-3-7-32-17)18(21(29)23(27)30)20(28)14-8-12(24)9-16(26)22(14)31-2/h3-10,19,28H,1-2H3/b20-18-. The Morgan fingerprint density at radius 2 is 1.84 bits per heavy atom. The Morgan fingerprint density at radius 1 is 1.09 bits per heavy atom. The maximum absolute atomic E-state index is 13.1. The van der Waals surface area contributed by atoms with Gasteiger partial charge in [0.05, 0.1) is 29.5 Å². The van der Waals surface area contributed by atoms with Crippen LogP contribution in [-0.2, 0) is 9.59 Å². The Balaban J connectivity index is 1.99. The van der Waals surface area contributed by atoms with Crippen LogP contribution in [0.5, 0.6) is 5.75 Å². The van der Waals surface area contributed by atoms with Crippen molar-refractivity contribution in [3.05, 3.63) is 86.3 Å². The molecule has 6 nitrogen and oxygen atoms in total. The highest BCUT2D eigenvalue weighted by Crippen LogP contribution is 2.45. The number of benzene rings is 2. The molecule has 1 N–H and O–H groups in total. The number of Topliss-reactive ketones (excluding diaryl/α,β-unsaturated/α-hetero) is 1. The number of furan rings is 1. The maximum atomic E-state index is 13.1. The van der Waals surface area contributed by atoms with Gasteiger partial charge in [0.25, 0.3) is 11.7 Å². The minimum Gasteiger partial charge on any atom is -0.507 e. The van der Waals surface area contributed by atoms with Crippen LogP contribution < -0.4 is 9.64 Å².